The fourth-order valence-electron chi connectivity index (χ4n) is 1.71. The third-order valence-corrected chi connectivity index (χ3v) is 4.15. The zero-order chi connectivity index (χ0) is 14.2. The van der Waals surface area contributed by atoms with E-state index in [4.69, 9.17) is 11.6 Å². The van der Waals surface area contributed by atoms with Crippen molar-refractivity contribution in [2.24, 2.45) is 5.92 Å². The molecule has 0 saturated carbocycles. The van der Waals surface area contributed by atoms with E-state index in [0.29, 0.717) is 4.90 Å². The molecule has 0 amide bonds. The van der Waals surface area contributed by atoms with Crippen molar-refractivity contribution >= 4 is 40.9 Å². The Morgan fingerprint density at radius 2 is 2.16 bits per heavy atom. The highest BCUT2D eigenvalue weighted by Gasteiger charge is 2.37. The van der Waals surface area contributed by atoms with Crippen LogP contribution in [0.1, 0.15) is 10.4 Å². The molecule has 0 fully saturated rings. The quantitative estimate of drug-likeness (QED) is 0.476. The molecule has 0 aliphatic carbocycles. The van der Waals surface area contributed by atoms with Crippen LogP contribution in [0.3, 0.4) is 0 Å². The molecule has 0 saturated heterocycles. The van der Waals surface area contributed by atoms with E-state index in [2.05, 4.69) is 4.74 Å². The molecule has 1 aromatic carbocycles. The van der Waals surface area contributed by atoms with Crippen LogP contribution >= 0.6 is 23.4 Å². The van der Waals surface area contributed by atoms with E-state index in [1.54, 1.807) is 0 Å². The lowest BCUT2D eigenvalue weighted by atomic mass is 9.94. The molecular weight excluding hydrogens is 295 g/mol. The zero-order valence-corrected chi connectivity index (χ0v) is 11.3. The van der Waals surface area contributed by atoms with Crippen LogP contribution in [0.15, 0.2) is 17.0 Å². The van der Waals surface area contributed by atoms with Crippen molar-refractivity contribution in [3.05, 3.63) is 28.5 Å². The summed E-state index contributed by atoms with van der Waals surface area (Å²) in [6.07, 6.45) is 0. The smallest absolute Gasteiger partial charge is 0.375 e. The summed E-state index contributed by atoms with van der Waals surface area (Å²) in [5, 5.41) is -0.0863. The van der Waals surface area contributed by atoms with Crippen LogP contribution in [-0.4, -0.2) is 30.4 Å². The summed E-state index contributed by atoms with van der Waals surface area (Å²) in [7, 11) is 1.06. The van der Waals surface area contributed by atoms with Crippen LogP contribution in [0.5, 0.6) is 0 Å². The molecule has 0 spiro atoms. The first-order valence-corrected chi connectivity index (χ1v) is 6.60. The van der Waals surface area contributed by atoms with Crippen LogP contribution in [0.25, 0.3) is 0 Å². The van der Waals surface area contributed by atoms with Crippen molar-refractivity contribution in [3.8, 4) is 0 Å². The number of hydrogen-bond acceptors (Lipinski definition) is 5. The molecule has 1 aliphatic heterocycles. The number of carbonyl (C=O) groups excluding carboxylic acids is 3. The number of rotatable bonds is 2. The van der Waals surface area contributed by atoms with Gasteiger partial charge < -0.3 is 4.74 Å². The van der Waals surface area contributed by atoms with E-state index in [1.807, 2.05) is 0 Å². The number of fused-ring (bicyclic) bond motifs is 1. The minimum Gasteiger partial charge on any atom is -0.463 e. The average molecular weight is 303 g/mol. The first-order valence-electron chi connectivity index (χ1n) is 5.24. The fourth-order valence-corrected chi connectivity index (χ4v) is 3.11. The van der Waals surface area contributed by atoms with Crippen molar-refractivity contribution in [1.82, 2.24) is 0 Å². The molecule has 100 valence electrons. The Kier molecular flexibility index (Phi) is 3.91. The Labute approximate surface area is 117 Å². The molecule has 7 heteroatoms. The van der Waals surface area contributed by atoms with Gasteiger partial charge in [0.2, 0.25) is 0 Å². The van der Waals surface area contributed by atoms with Gasteiger partial charge in [-0.05, 0) is 12.1 Å². The Morgan fingerprint density at radius 3 is 2.79 bits per heavy atom. The Hall–Kier alpha value is -1.40. The van der Waals surface area contributed by atoms with Crippen LogP contribution in [-0.2, 0) is 14.3 Å². The van der Waals surface area contributed by atoms with Crippen molar-refractivity contribution in [1.29, 1.82) is 0 Å². The molecule has 19 heavy (non-hydrogen) atoms. The molecule has 4 nitrogen and oxygen atoms in total. The lowest BCUT2D eigenvalue weighted by Gasteiger charge is -2.21. The number of benzene rings is 1. The summed E-state index contributed by atoms with van der Waals surface area (Å²) >= 11 is 6.80. The number of thioether (sulfide) groups is 1. The highest BCUT2D eigenvalue weighted by atomic mass is 35.5. The van der Waals surface area contributed by atoms with Crippen molar-refractivity contribution < 1.29 is 23.5 Å². The number of halogens is 2. The summed E-state index contributed by atoms with van der Waals surface area (Å²) in [5.74, 6) is -4.33. The number of hydrogen-bond donors (Lipinski definition) is 0. The first kappa shape index (κ1) is 14.0. The van der Waals surface area contributed by atoms with Crippen molar-refractivity contribution in [2.45, 2.75) is 4.90 Å². The van der Waals surface area contributed by atoms with Gasteiger partial charge in [0.25, 0.3) is 5.78 Å². The van der Waals surface area contributed by atoms with E-state index in [1.165, 1.54) is 17.8 Å². The number of ether oxygens (including phenoxy) is 1. The Balaban J connectivity index is 2.37. The maximum absolute atomic E-state index is 13.4. The predicted octanol–water partition coefficient (Wildman–Crippen LogP) is 2.13. The Morgan fingerprint density at radius 1 is 1.47 bits per heavy atom. The van der Waals surface area contributed by atoms with Gasteiger partial charge in [0.1, 0.15) is 11.7 Å². The van der Waals surface area contributed by atoms with Crippen molar-refractivity contribution in [2.75, 3.05) is 12.9 Å². The monoisotopic (exact) mass is 302 g/mol. The molecule has 0 radical (unpaired) electrons. The second-order valence-corrected chi connectivity index (χ2v) is 5.32. The molecular formula is C12H8ClFO4S. The number of Topliss-reactive ketones (excluding diaryl/α,β-unsaturated/α-hetero) is 2. The largest absolute Gasteiger partial charge is 0.463 e. The number of methoxy groups -OCH3 is 1. The van der Waals surface area contributed by atoms with E-state index in [-0.39, 0.29) is 16.3 Å². The molecule has 1 atom stereocenters. The van der Waals surface area contributed by atoms with E-state index < -0.39 is 29.3 Å². The Bertz CT molecular complexity index is 587. The lowest BCUT2D eigenvalue weighted by molar-refractivity contribution is -0.152. The summed E-state index contributed by atoms with van der Waals surface area (Å²) in [4.78, 5) is 35.4. The fraction of sp³-hybridized carbons (Fsp3) is 0.250. The third-order valence-electron chi connectivity index (χ3n) is 2.71. The summed E-state index contributed by atoms with van der Waals surface area (Å²) in [6.45, 7) is 0. The van der Waals surface area contributed by atoms with Crippen LogP contribution in [0.2, 0.25) is 5.02 Å². The van der Waals surface area contributed by atoms with Crippen LogP contribution in [0, 0.1) is 11.7 Å². The number of esters is 1. The van der Waals surface area contributed by atoms with Crippen LogP contribution < -0.4 is 0 Å². The second-order valence-electron chi connectivity index (χ2n) is 3.85. The van der Waals surface area contributed by atoms with Gasteiger partial charge in [0.05, 0.1) is 12.1 Å². The predicted molar refractivity (Wildman–Crippen MR) is 67.0 cm³/mol. The molecule has 1 heterocycles. The minimum absolute atomic E-state index is 0.0698. The average Bonchev–Trinajstić information content (AvgIpc) is 2.40. The molecule has 0 N–H and O–H groups in total. The van der Waals surface area contributed by atoms with Gasteiger partial charge in [0.15, 0.2) is 5.78 Å². The molecule has 0 bridgehead atoms. The topological polar surface area (TPSA) is 60.4 Å². The molecule has 1 aromatic rings. The third kappa shape index (κ3) is 2.50. The SMILES string of the molecule is COC(=O)C(=O)C1CSc2cc(Cl)c(F)cc2C1=O. The van der Waals surface area contributed by atoms with Crippen molar-refractivity contribution in [3.63, 3.8) is 0 Å². The van der Waals surface area contributed by atoms with Gasteiger partial charge in [-0.2, -0.15) is 0 Å². The molecule has 2 rings (SSSR count). The van der Waals surface area contributed by atoms with Gasteiger partial charge in [-0.25, -0.2) is 9.18 Å². The normalized spacial score (nSPS) is 17.8. The van der Waals surface area contributed by atoms with E-state index >= 15 is 0 Å². The highest BCUT2D eigenvalue weighted by molar-refractivity contribution is 7.99. The van der Waals surface area contributed by atoms with Gasteiger partial charge in [0, 0.05) is 16.2 Å². The molecule has 1 unspecified atom stereocenters. The van der Waals surface area contributed by atoms with Gasteiger partial charge >= 0.3 is 5.97 Å². The van der Waals surface area contributed by atoms with E-state index in [9.17, 15) is 18.8 Å². The number of ketones is 2. The molecule has 1 aliphatic rings. The highest BCUT2D eigenvalue weighted by Crippen LogP contribution is 2.36. The minimum atomic E-state index is -1.13. The summed E-state index contributed by atoms with van der Waals surface area (Å²) in [5.41, 5.74) is 0.0698. The number of carbonyl (C=O) groups is 3. The maximum atomic E-state index is 13.4. The van der Waals surface area contributed by atoms with Gasteiger partial charge in [-0.1, -0.05) is 11.6 Å². The van der Waals surface area contributed by atoms with Crippen LogP contribution in [0.4, 0.5) is 4.39 Å². The summed E-state index contributed by atoms with van der Waals surface area (Å²) in [6, 6.07) is 2.33. The van der Waals surface area contributed by atoms with Gasteiger partial charge in [-0.3, -0.25) is 9.59 Å². The van der Waals surface area contributed by atoms with Gasteiger partial charge in [-0.15, -0.1) is 11.8 Å². The lowest BCUT2D eigenvalue weighted by Crippen LogP contribution is -2.35. The standard InChI is InChI=1S/C12H8ClFO4S/c1-18-12(17)11(16)6-4-19-9-3-7(13)8(14)2-5(9)10(6)15/h2-3,6H,4H2,1H3. The second kappa shape index (κ2) is 5.30. The maximum Gasteiger partial charge on any atom is 0.375 e. The first-order chi connectivity index (χ1) is 8.95. The zero-order valence-electron chi connectivity index (χ0n) is 9.74. The summed E-state index contributed by atoms with van der Waals surface area (Å²) < 4.78 is 17.7. The molecule has 0 aromatic heterocycles. The van der Waals surface area contributed by atoms with E-state index in [0.717, 1.165) is 13.2 Å².